The van der Waals surface area contributed by atoms with Gasteiger partial charge in [0.25, 0.3) is 0 Å². The first-order chi connectivity index (χ1) is 13.1. The van der Waals surface area contributed by atoms with E-state index in [1.807, 2.05) is 4.90 Å². The molecule has 7 heteroatoms. The van der Waals surface area contributed by atoms with Gasteiger partial charge >= 0.3 is 0 Å². The Labute approximate surface area is 170 Å². The van der Waals surface area contributed by atoms with Crippen LogP contribution in [0.25, 0.3) is 0 Å². The molecule has 2 amide bonds. The third-order valence-corrected chi connectivity index (χ3v) is 5.74. The molecule has 5 nitrogen and oxygen atoms in total. The van der Waals surface area contributed by atoms with E-state index < -0.39 is 0 Å². The lowest BCUT2D eigenvalue weighted by atomic mass is 10.00. The molecule has 1 aromatic carbocycles. The Morgan fingerprint density at radius 1 is 1.07 bits per heavy atom. The van der Waals surface area contributed by atoms with E-state index in [2.05, 4.69) is 0 Å². The van der Waals surface area contributed by atoms with Crippen molar-refractivity contribution < 1.29 is 14.3 Å². The van der Waals surface area contributed by atoms with Crippen LogP contribution < -0.4 is 4.74 Å². The van der Waals surface area contributed by atoms with Gasteiger partial charge in [-0.15, -0.1) is 0 Å². The van der Waals surface area contributed by atoms with Crippen molar-refractivity contribution in [1.29, 1.82) is 0 Å². The molecule has 0 radical (unpaired) electrons. The number of ether oxygens (including phenoxy) is 1. The standard InChI is InChI=1S/C20H26Cl2N2O3/c21-15-8-9-18(16(22)14-15)27-13-5-7-19(25)24-12-2-1-6-17(24)20(26)23-10-3-4-11-23/h8-9,14,17H,1-7,10-13H2. The van der Waals surface area contributed by atoms with Gasteiger partial charge in [0.1, 0.15) is 11.8 Å². The highest BCUT2D eigenvalue weighted by atomic mass is 35.5. The van der Waals surface area contributed by atoms with E-state index in [0.29, 0.717) is 41.8 Å². The van der Waals surface area contributed by atoms with E-state index in [0.717, 1.165) is 45.2 Å². The SMILES string of the molecule is O=C(C1CCCCN1C(=O)CCCOc1ccc(Cl)cc1Cl)N1CCCC1. The molecule has 0 bridgehead atoms. The maximum Gasteiger partial charge on any atom is 0.245 e. The van der Waals surface area contributed by atoms with Crippen molar-refractivity contribution in [3.63, 3.8) is 0 Å². The summed E-state index contributed by atoms with van der Waals surface area (Å²) < 4.78 is 5.65. The molecular weight excluding hydrogens is 387 g/mol. The third-order valence-electron chi connectivity index (χ3n) is 5.21. The molecule has 1 atom stereocenters. The van der Waals surface area contributed by atoms with Crippen LogP contribution in [0.4, 0.5) is 0 Å². The van der Waals surface area contributed by atoms with Crippen molar-refractivity contribution in [2.75, 3.05) is 26.2 Å². The first-order valence-electron chi connectivity index (χ1n) is 9.72. The lowest BCUT2D eigenvalue weighted by molar-refractivity contribution is -0.147. The summed E-state index contributed by atoms with van der Waals surface area (Å²) in [5.41, 5.74) is 0. The highest BCUT2D eigenvalue weighted by Gasteiger charge is 2.35. The number of carbonyl (C=O) groups excluding carboxylic acids is 2. The summed E-state index contributed by atoms with van der Waals surface area (Å²) >= 11 is 12.0. The lowest BCUT2D eigenvalue weighted by Crippen LogP contribution is -2.52. The van der Waals surface area contributed by atoms with E-state index in [9.17, 15) is 9.59 Å². The molecule has 148 valence electrons. The molecular formula is C20H26Cl2N2O3. The van der Waals surface area contributed by atoms with Crippen LogP contribution in [0.3, 0.4) is 0 Å². The van der Waals surface area contributed by atoms with Gasteiger partial charge in [0.2, 0.25) is 11.8 Å². The Kier molecular flexibility index (Phi) is 7.25. The van der Waals surface area contributed by atoms with Crippen LogP contribution in [0, 0.1) is 0 Å². The number of hydrogen-bond donors (Lipinski definition) is 0. The van der Waals surface area contributed by atoms with Gasteiger partial charge in [0.05, 0.1) is 11.6 Å². The van der Waals surface area contributed by atoms with Gasteiger partial charge in [-0.25, -0.2) is 0 Å². The van der Waals surface area contributed by atoms with E-state index >= 15 is 0 Å². The van der Waals surface area contributed by atoms with Gasteiger partial charge in [-0.05, 0) is 56.7 Å². The number of piperidine rings is 1. The van der Waals surface area contributed by atoms with Crippen LogP contribution in [0.2, 0.25) is 10.0 Å². The van der Waals surface area contributed by atoms with Gasteiger partial charge < -0.3 is 14.5 Å². The molecule has 3 rings (SSSR count). The van der Waals surface area contributed by atoms with Crippen molar-refractivity contribution in [2.24, 2.45) is 0 Å². The highest BCUT2D eigenvalue weighted by molar-refractivity contribution is 6.35. The number of rotatable bonds is 6. The zero-order chi connectivity index (χ0) is 19.2. The van der Waals surface area contributed by atoms with Gasteiger partial charge in [0, 0.05) is 31.1 Å². The molecule has 1 unspecified atom stereocenters. The molecule has 27 heavy (non-hydrogen) atoms. The summed E-state index contributed by atoms with van der Waals surface area (Å²) in [5.74, 6) is 0.733. The summed E-state index contributed by atoms with van der Waals surface area (Å²) in [7, 11) is 0. The number of likely N-dealkylation sites (tertiary alicyclic amines) is 2. The normalized spacial score (nSPS) is 20.0. The summed E-state index contributed by atoms with van der Waals surface area (Å²) in [5, 5.41) is 1.02. The zero-order valence-corrected chi connectivity index (χ0v) is 17.0. The Hall–Kier alpha value is -1.46. The van der Waals surface area contributed by atoms with Crippen LogP contribution in [0.1, 0.15) is 44.9 Å². The number of carbonyl (C=O) groups is 2. The van der Waals surface area contributed by atoms with Crippen molar-refractivity contribution in [2.45, 2.75) is 51.0 Å². The minimum Gasteiger partial charge on any atom is -0.492 e. The van der Waals surface area contributed by atoms with Crippen LogP contribution in [0.5, 0.6) is 5.75 Å². The summed E-state index contributed by atoms with van der Waals surface area (Å²) in [6.45, 7) is 2.72. The number of hydrogen-bond acceptors (Lipinski definition) is 3. The summed E-state index contributed by atoms with van der Waals surface area (Å²) in [6.07, 6.45) is 5.83. The number of benzene rings is 1. The molecule has 2 aliphatic heterocycles. The molecule has 2 fully saturated rings. The van der Waals surface area contributed by atoms with Gasteiger partial charge in [-0.3, -0.25) is 9.59 Å². The number of amides is 2. The van der Waals surface area contributed by atoms with Crippen LogP contribution in [-0.4, -0.2) is 53.9 Å². The van der Waals surface area contributed by atoms with E-state index in [-0.39, 0.29) is 17.9 Å². The molecule has 2 heterocycles. The van der Waals surface area contributed by atoms with E-state index in [1.54, 1.807) is 23.1 Å². The second kappa shape index (κ2) is 9.65. The summed E-state index contributed by atoms with van der Waals surface area (Å²) in [6, 6.07) is 4.79. The van der Waals surface area contributed by atoms with Crippen LogP contribution in [-0.2, 0) is 9.59 Å². The average Bonchev–Trinajstić information content (AvgIpc) is 3.20. The molecule has 0 aromatic heterocycles. The Morgan fingerprint density at radius 3 is 2.56 bits per heavy atom. The van der Waals surface area contributed by atoms with Gasteiger partial charge in [-0.1, -0.05) is 23.2 Å². The van der Waals surface area contributed by atoms with Crippen molar-refractivity contribution in [1.82, 2.24) is 9.80 Å². The monoisotopic (exact) mass is 412 g/mol. The molecule has 0 N–H and O–H groups in total. The van der Waals surface area contributed by atoms with Crippen molar-refractivity contribution >= 4 is 35.0 Å². The van der Waals surface area contributed by atoms with Gasteiger partial charge in [0.15, 0.2) is 0 Å². The van der Waals surface area contributed by atoms with Crippen LogP contribution in [0.15, 0.2) is 18.2 Å². The molecule has 2 aliphatic rings. The molecule has 1 aromatic rings. The fourth-order valence-corrected chi connectivity index (χ4v) is 4.24. The molecule has 0 saturated carbocycles. The maximum absolute atomic E-state index is 12.8. The fourth-order valence-electron chi connectivity index (χ4n) is 3.78. The largest absolute Gasteiger partial charge is 0.492 e. The smallest absolute Gasteiger partial charge is 0.245 e. The predicted molar refractivity (Wildman–Crippen MR) is 106 cm³/mol. The zero-order valence-electron chi connectivity index (χ0n) is 15.5. The average molecular weight is 413 g/mol. The van der Waals surface area contributed by atoms with Crippen LogP contribution >= 0.6 is 23.2 Å². The molecule has 0 aliphatic carbocycles. The first-order valence-corrected chi connectivity index (χ1v) is 10.5. The quantitative estimate of drug-likeness (QED) is 0.659. The topological polar surface area (TPSA) is 49.9 Å². The molecule has 0 spiro atoms. The van der Waals surface area contributed by atoms with Gasteiger partial charge in [-0.2, -0.15) is 0 Å². The number of halogens is 2. The van der Waals surface area contributed by atoms with Crippen molar-refractivity contribution in [3.05, 3.63) is 28.2 Å². The summed E-state index contributed by atoms with van der Waals surface area (Å²) in [4.78, 5) is 29.2. The maximum atomic E-state index is 12.8. The minimum atomic E-state index is -0.282. The molecule has 2 saturated heterocycles. The third kappa shape index (κ3) is 5.29. The first kappa shape index (κ1) is 20.3. The Bertz CT molecular complexity index is 677. The Morgan fingerprint density at radius 2 is 1.81 bits per heavy atom. The minimum absolute atomic E-state index is 0.0399. The predicted octanol–water partition coefficient (Wildman–Crippen LogP) is 4.16. The van der Waals surface area contributed by atoms with E-state index in [1.165, 1.54) is 0 Å². The second-order valence-electron chi connectivity index (χ2n) is 7.16. The Balaban J connectivity index is 1.48. The van der Waals surface area contributed by atoms with Crippen molar-refractivity contribution in [3.8, 4) is 5.75 Å². The second-order valence-corrected chi connectivity index (χ2v) is 8.00. The number of nitrogens with zero attached hydrogens (tertiary/aromatic N) is 2. The highest BCUT2D eigenvalue weighted by Crippen LogP contribution is 2.28. The lowest BCUT2D eigenvalue weighted by Gasteiger charge is -2.36. The fraction of sp³-hybridized carbons (Fsp3) is 0.600. The van der Waals surface area contributed by atoms with E-state index in [4.69, 9.17) is 27.9 Å².